The number of aromatic carboxylic acids is 1. The van der Waals surface area contributed by atoms with Crippen molar-refractivity contribution >= 4 is 22.1 Å². The number of benzene rings is 1. The van der Waals surface area contributed by atoms with E-state index in [-0.39, 0.29) is 11.1 Å². The topological polar surface area (TPSA) is 104 Å². The van der Waals surface area contributed by atoms with Gasteiger partial charge in [0.05, 0.1) is 5.56 Å². The molecule has 1 saturated heterocycles. The Labute approximate surface area is 134 Å². The number of hydrogen-bond acceptors (Lipinski definition) is 4. The lowest BCUT2D eigenvalue weighted by atomic mass is 10.0. The molecule has 124 valence electrons. The van der Waals surface area contributed by atoms with Gasteiger partial charge in [-0.25, -0.2) is 9.52 Å². The molecule has 23 heavy (non-hydrogen) atoms. The van der Waals surface area contributed by atoms with E-state index >= 15 is 0 Å². The number of carbonyl (C=O) groups excluding carboxylic acids is 1. The molecule has 0 unspecified atom stereocenters. The average Bonchev–Trinajstić information content (AvgIpc) is 3.08. The highest BCUT2D eigenvalue weighted by molar-refractivity contribution is 7.87. The first-order valence-corrected chi connectivity index (χ1v) is 8.96. The second-order valence-corrected chi connectivity index (χ2v) is 7.76. The maximum absolute atomic E-state index is 12.3. The van der Waals surface area contributed by atoms with Gasteiger partial charge in [-0.3, -0.25) is 4.79 Å². The second kappa shape index (κ2) is 5.93. The fourth-order valence-electron chi connectivity index (χ4n) is 3.39. The van der Waals surface area contributed by atoms with E-state index in [1.807, 2.05) is 0 Å². The summed E-state index contributed by atoms with van der Waals surface area (Å²) >= 11 is 0. The molecule has 1 amide bonds. The molecule has 8 heteroatoms. The number of nitrogens with one attached hydrogen (secondary N) is 1. The Balaban J connectivity index is 1.68. The van der Waals surface area contributed by atoms with E-state index in [0.717, 1.165) is 19.3 Å². The maximum atomic E-state index is 12.3. The van der Waals surface area contributed by atoms with Crippen molar-refractivity contribution in [2.75, 3.05) is 13.1 Å². The zero-order valence-corrected chi connectivity index (χ0v) is 13.3. The third-order valence-electron chi connectivity index (χ3n) is 4.65. The van der Waals surface area contributed by atoms with Gasteiger partial charge in [-0.2, -0.15) is 12.7 Å². The van der Waals surface area contributed by atoms with Crippen LogP contribution in [-0.4, -0.2) is 42.8 Å². The lowest BCUT2D eigenvalue weighted by Crippen LogP contribution is -2.42. The molecule has 0 aromatic heterocycles. The van der Waals surface area contributed by atoms with E-state index < -0.39 is 22.1 Å². The quantitative estimate of drug-likeness (QED) is 0.855. The fraction of sp³-hybridized carbons (Fsp3) is 0.467. The second-order valence-electron chi connectivity index (χ2n) is 6.09. The third-order valence-corrected chi connectivity index (χ3v) is 6.07. The summed E-state index contributed by atoms with van der Waals surface area (Å²) in [4.78, 5) is 22.9. The van der Waals surface area contributed by atoms with E-state index in [0.29, 0.717) is 24.9 Å². The Morgan fingerprint density at radius 3 is 2.09 bits per heavy atom. The first-order valence-electron chi connectivity index (χ1n) is 7.52. The van der Waals surface area contributed by atoms with Crippen LogP contribution in [0.4, 0.5) is 0 Å². The molecule has 3 rings (SSSR count). The molecule has 2 atom stereocenters. The molecule has 1 saturated carbocycles. The van der Waals surface area contributed by atoms with Crippen molar-refractivity contribution < 1.29 is 23.1 Å². The van der Waals surface area contributed by atoms with E-state index in [9.17, 15) is 18.0 Å². The fourth-order valence-corrected chi connectivity index (χ4v) is 4.65. The minimum atomic E-state index is -3.86. The van der Waals surface area contributed by atoms with Crippen LogP contribution in [0, 0.1) is 11.8 Å². The molecule has 1 heterocycles. The summed E-state index contributed by atoms with van der Waals surface area (Å²) in [6.07, 6.45) is 3.23. The van der Waals surface area contributed by atoms with E-state index in [1.54, 1.807) is 0 Å². The van der Waals surface area contributed by atoms with E-state index in [2.05, 4.69) is 4.72 Å². The highest BCUT2D eigenvalue weighted by Gasteiger charge is 2.41. The molecule has 1 aliphatic carbocycles. The summed E-state index contributed by atoms with van der Waals surface area (Å²) in [6, 6.07) is 5.13. The third kappa shape index (κ3) is 3.23. The average molecular weight is 338 g/mol. The predicted octanol–water partition coefficient (Wildman–Crippen LogP) is 1.09. The van der Waals surface area contributed by atoms with Gasteiger partial charge >= 0.3 is 16.2 Å². The van der Waals surface area contributed by atoms with Gasteiger partial charge < -0.3 is 5.11 Å². The summed E-state index contributed by atoms with van der Waals surface area (Å²) in [7, 11) is -3.86. The molecular weight excluding hydrogens is 320 g/mol. The number of amides is 1. The highest BCUT2D eigenvalue weighted by atomic mass is 32.2. The maximum Gasteiger partial charge on any atom is 0.335 e. The number of carboxylic acid groups (broad SMARTS) is 1. The highest BCUT2D eigenvalue weighted by Crippen LogP contribution is 2.38. The molecule has 1 aliphatic heterocycles. The van der Waals surface area contributed by atoms with E-state index in [4.69, 9.17) is 5.11 Å². The number of nitrogens with zero attached hydrogens (tertiary/aromatic N) is 1. The molecule has 0 bridgehead atoms. The number of rotatable bonds is 4. The van der Waals surface area contributed by atoms with Gasteiger partial charge in [-0.15, -0.1) is 0 Å². The van der Waals surface area contributed by atoms with Gasteiger partial charge in [0, 0.05) is 18.7 Å². The molecule has 2 N–H and O–H groups in total. The van der Waals surface area contributed by atoms with Crippen LogP contribution in [0.5, 0.6) is 0 Å². The van der Waals surface area contributed by atoms with Gasteiger partial charge in [0.25, 0.3) is 5.91 Å². The number of carboxylic acids is 1. The molecule has 2 fully saturated rings. The number of carbonyl (C=O) groups is 2. The first kappa shape index (κ1) is 15.9. The zero-order chi connectivity index (χ0) is 16.6. The van der Waals surface area contributed by atoms with Crippen molar-refractivity contribution in [3.8, 4) is 0 Å². The largest absolute Gasteiger partial charge is 0.478 e. The molecule has 7 nitrogen and oxygen atoms in total. The zero-order valence-electron chi connectivity index (χ0n) is 12.4. The van der Waals surface area contributed by atoms with Crippen molar-refractivity contribution in [3.05, 3.63) is 35.4 Å². The Morgan fingerprint density at radius 2 is 1.57 bits per heavy atom. The van der Waals surface area contributed by atoms with Gasteiger partial charge in [-0.1, -0.05) is 6.42 Å². The van der Waals surface area contributed by atoms with Gasteiger partial charge in [0.15, 0.2) is 0 Å². The Morgan fingerprint density at radius 1 is 1.04 bits per heavy atom. The van der Waals surface area contributed by atoms with Crippen molar-refractivity contribution in [1.29, 1.82) is 0 Å². The van der Waals surface area contributed by atoms with Gasteiger partial charge in [0.1, 0.15) is 0 Å². The number of fused-ring (bicyclic) bond motifs is 1. The Kier molecular flexibility index (Phi) is 4.11. The van der Waals surface area contributed by atoms with Crippen LogP contribution in [0.15, 0.2) is 24.3 Å². The van der Waals surface area contributed by atoms with E-state index in [1.165, 1.54) is 28.6 Å². The van der Waals surface area contributed by atoms with Crippen LogP contribution >= 0.6 is 0 Å². The lowest BCUT2D eigenvalue weighted by Gasteiger charge is -2.17. The van der Waals surface area contributed by atoms with Crippen LogP contribution in [-0.2, 0) is 10.2 Å². The van der Waals surface area contributed by atoms with Crippen molar-refractivity contribution in [2.24, 2.45) is 11.8 Å². The van der Waals surface area contributed by atoms with Crippen molar-refractivity contribution in [2.45, 2.75) is 19.3 Å². The molecule has 0 spiro atoms. The van der Waals surface area contributed by atoms with Crippen molar-refractivity contribution in [3.63, 3.8) is 0 Å². The summed E-state index contributed by atoms with van der Waals surface area (Å²) < 4.78 is 28.0. The molecule has 0 radical (unpaired) electrons. The molecule has 2 aliphatic rings. The van der Waals surface area contributed by atoms with Gasteiger partial charge in [0.2, 0.25) is 0 Å². The van der Waals surface area contributed by atoms with Crippen molar-refractivity contribution in [1.82, 2.24) is 9.03 Å². The molecule has 1 aromatic carbocycles. The van der Waals surface area contributed by atoms with Gasteiger partial charge in [-0.05, 0) is 48.9 Å². The Hall–Kier alpha value is -1.93. The van der Waals surface area contributed by atoms with Crippen LogP contribution in [0.2, 0.25) is 0 Å². The van der Waals surface area contributed by atoms with Crippen LogP contribution in [0.25, 0.3) is 0 Å². The molecule has 1 aromatic rings. The minimum absolute atomic E-state index is 0.0387. The van der Waals surface area contributed by atoms with Crippen LogP contribution in [0.1, 0.15) is 40.0 Å². The van der Waals surface area contributed by atoms with Crippen LogP contribution < -0.4 is 4.72 Å². The monoisotopic (exact) mass is 338 g/mol. The Bertz CT molecular complexity index is 717. The predicted molar refractivity (Wildman–Crippen MR) is 82.2 cm³/mol. The van der Waals surface area contributed by atoms with Crippen LogP contribution in [0.3, 0.4) is 0 Å². The smallest absolute Gasteiger partial charge is 0.335 e. The summed E-state index contributed by atoms with van der Waals surface area (Å²) in [5.74, 6) is -1.06. The minimum Gasteiger partial charge on any atom is -0.478 e. The summed E-state index contributed by atoms with van der Waals surface area (Å²) in [6.45, 7) is 0.927. The first-order chi connectivity index (χ1) is 10.9. The SMILES string of the molecule is O=C(O)c1ccc(C(=O)NS(=O)(=O)N2C[C@H]3CCC[C@H]3C2)cc1. The summed E-state index contributed by atoms with van der Waals surface area (Å²) in [5.41, 5.74) is 0.148. The lowest BCUT2D eigenvalue weighted by molar-refractivity contribution is 0.0696. The number of hydrogen-bond donors (Lipinski definition) is 2. The normalized spacial score (nSPS) is 24.3. The summed E-state index contributed by atoms with van der Waals surface area (Å²) in [5, 5.41) is 8.82. The molecular formula is C15H18N2O5S. The standard InChI is InChI=1S/C15H18N2O5S/c18-14(10-4-6-11(7-5-10)15(19)20)16-23(21,22)17-8-12-2-1-3-13(12)9-17/h4-7,12-13H,1-3,8-9H2,(H,16,18)(H,19,20)/t12-,13+.